The summed E-state index contributed by atoms with van der Waals surface area (Å²) in [5.41, 5.74) is 3.19. The average Bonchev–Trinajstić information content (AvgIpc) is 3.08. The van der Waals surface area contributed by atoms with E-state index in [1.54, 1.807) is 0 Å². The van der Waals surface area contributed by atoms with E-state index in [-0.39, 0.29) is 18.3 Å². The number of aryl methyl sites for hydroxylation is 2. The molecule has 6 nitrogen and oxygen atoms in total. The first-order valence-corrected chi connectivity index (χ1v) is 9.12. The van der Waals surface area contributed by atoms with E-state index in [1.807, 2.05) is 23.1 Å². The number of benzene rings is 1. The average molecular weight is 376 g/mol. The number of amides is 1. The van der Waals surface area contributed by atoms with Crippen molar-refractivity contribution in [2.45, 2.75) is 45.7 Å². The fraction of sp³-hybridized carbons (Fsp3) is 0.526. The smallest absolute Gasteiger partial charge is 0.253 e. The lowest BCUT2D eigenvalue weighted by molar-refractivity contribution is 0.0710. The monoisotopic (exact) mass is 375 g/mol. The van der Waals surface area contributed by atoms with Crippen molar-refractivity contribution < 1.29 is 4.79 Å². The Balaban J connectivity index is 0.00000196. The number of carbonyl (C=O) groups is 1. The van der Waals surface area contributed by atoms with Crippen LogP contribution in [0.15, 0.2) is 18.2 Å². The molecule has 26 heavy (non-hydrogen) atoms. The van der Waals surface area contributed by atoms with Crippen LogP contribution in [0.2, 0.25) is 0 Å². The Labute approximate surface area is 160 Å². The minimum atomic E-state index is 0. The Morgan fingerprint density at radius 1 is 1.12 bits per heavy atom. The minimum Gasteiger partial charge on any atom is -0.339 e. The zero-order valence-electron chi connectivity index (χ0n) is 15.4. The first-order chi connectivity index (χ1) is 12.1. The molecule has 2 aliphatic heterocycles. The zero-order chi connectivity index (χ0) is 17.4. The number of aromatic nitrogens is 3. The van der Waals surface area contributed by atoms with Gasteiger partial charge in [0.15, 0.2) is 0 Å². The van der Waals surface area contributed by atoms with E-state index < -0.39 is 0 Å². The molecule has 1 fully saturated rings. The van der Waals surface area contributed by atoms with E-state index in [0.29, 0.717) is 5.92 Å². The van der Waals surface area contributed by atoms with Crippen LogP contribution in [0.5, 0.6) is 0 Å². The minimum absolute atomic E-state index is 0. The highest BCUT2D eigenvalue weighted by Gasteiger charge is 2.29. The molecule has 3 heterocycles. The molecule has 0 aliphatic carbocycles. The maximum absolute atomic E-state index is 12.8. The van der Waals surface area contributed by atoms with Crippen LogP contribution in [0.25, 0.3) is 0 Å². The highest BCUT2D eigenvalue weighted by molar-refractivity contribution is 5.94. The molecule has 0 spiro atoms. The maximum atomic E-state index is 12.8. The summed E-state index contributed by atoms with van der Waals surface area (Å²) in [4.78, 5) is 14.8. The van der Waals surface area contributed by atoms with Crippen LogP contribution >= 0.6 is 12.4 Å². The number of nitrogens with one attached hydrogen (secondary N) is 1. The predicted molar refractivity (Wildman–Crippen MR) is 103 cm³/mol. The van der Waals surface area contributed by atoms with Gasteiger partial charge in [0, 0.05) is 37.7 Å². The lowest BCUT2D eigenvalue weighted by Gasteiger charge is -2.32. The molecule has 4 rings (SSSR count). The molecular weight excluding hydrogens is 350 g/mol. The van der Waals surface area contributed by atoms with Gasteiger partial charge < -0.3 is 14.8 Å². The van der Waals surface area contributed by atoms with Gasteiger partial charge in [-0.1, -0.05) is 6.07 Å². The molecule has 0 radical (unpaired) electrons. The van der Waals surface area contributed by atoms with Crippen molar-refractivity contribution >= 4 is 18.3 Å². The molecule has 2 aromatic rings. The lowest BCUT2D eigenvalue weighted by atomic mass is 9.95. The number of carbonyl (C=O) groups excluding carboxylic acids is 1. The number of hydrogen-bond acceptors (Lipinski definition) is 4. The normalized spacial score (nSPS) is 17.5. The molecule has 1 N–H and O–H groups in total. The number of fused-ring (bicyclic) bond motifs is 1. The molecule has 7 heteroatoms. The Morgan fingerprint density at radius 3 is 2.62 bits per heavy atom. The fourth-order valence-electron chi connectivity index (χ4n) is 3.81. The van der Waals surface area contributed by atoms with Gasteiger partial charge in [0.1, 0.15) is 11.6 Å². The molecule has 1 amide bonds. The molecule has 140 valence electrons. The van der Waals surface area contributed by atoms with Gasteiger partial charge in [-0.15, -0.1) is 22.6 Å². The summed E-state index contributed by atoms with van der Waals surface area (Å²) in [5.74, 6) is 2.70. The van der Waals surface area contributed by atoms with Gasteiger partial charge in [0.05, 0.1) is 6.54 Å². The van der Waals surface area contributed by atoms with Gasteiger partial charge in [0.2, 0.25) is 0 Å². The molecule has 1 aromatic heterocycles. The Bertz CT molecular complexity index is 795. The first kappa shape index (κ1) is 18.9. The highest BCUT2D eigenvalue weighted by Crippen LogP contribution is 2.28. The van der Waals surface area contributed by atoms with Crippen LogP contribution in [-0.4, -0.2) is 45.2 Å². The quantitative estimate of drug-likeness (QED) is 0.875. The molecule has 0 atom stereocenters. The standard InChI is InChI=1S/C19H25N5O.ClH/c1-13-3-4-16(11-14(13)2)19(25)23-8-5-15(6-9-23)18-22-21-17-12-20-7-10-24(17)18;/h3-4,11,15,20H,5-10,12H2,1-2H3;1H. The van der Waals surface area contributed by atoms with Crippen LogP contribution in [0.3, 0.4) is 0 Å². The van der Waals surface area contributed by atoms with E-state index in [2.05, 4.69) is 33.9 Å². The summed E-state index contributed by atoms with van der Waals surface area (Å²) in [6.45, 7) is 8.43. The van der Waals surface area contributed by atoms with Gasteiger partial charge >= 0.3 is 0 Å². The van der Waals surface area contributed by atoms with E-state index in [1.165, 1.54) is 11.1 Å². The number of hydrogen-bond donors (Lipinski definition) is 1. The fourth-order valence-corrected chi connectivity index (χ4v) is 3.81. The topological polar surface area (TPSA) is 63.1 Å². The number of nitrogens with zero attached hydrogens (tertiary/aromatic N) is 4. The summed E-state index contributed by atoms with van der Waals surface area (Å²) in [7, 11) is 0. The predicted octanol–water partition coefficient (Wildman–Crippen LogP) is 2.44. The van der Waals surface area contributed by atoms with Crippen molar-refractivity contribution in [1.29, 1.82) is 0 Å². The van der Waals surface area contributed by atoms with Crippen molar-refractivity contribution in [2.24, 2.45) is 0 Å². The van der Waals surface area contributed by atoms with Gasteiger partial charge in [-0.2, -0.15) is 0 Å². The molecule has 1 saturated heterocycles. The zero-order valence-corrected chi connectivity index (χ0v) is 16.2. The second kappa shape index (κ2) is 7.76. The Morgan fingerprint density at radius 2 is 1.88 bits per heavy atom. The third-order valence-corrected chi connectivity index (χ3v) is 5.55. The Hall–Kier alpha value is -1.92. The summed E-state index contributed by atoms with van der Waals surface area (Å²) in [6.07, 6.45) is 1.92. The molecule has 0 unspecified atom stereocenters. The second-order valence-electron chi connectivity index (χ2n) is 7.17. The highest BCUT2D eigenvalue weighted by atomic mass is 35.5. The molecule has 2 aliphatic rings. The van der Waals surface area contributed by atoms with Crippen LogP contribution in [-0.2, 0) is 13.1 Å². The number of likely N-dealkylation sites (tertiary alicyclic amines) is 1. The molecule has 1 aromatic carbocycles. The SMILES string of the molecule is Cc1ccc(C(=O)N2CCC(c3nnc4n3CCNC4)CC2)cc1C.Cl. The van der Waals surface area contributed by atoms with Crippen LogP contribution in [0, 0.1) is 13.8 Å². The van der Waals surface area contributed by atoms with Crippen molar-refractivity contribution in [3.8, 4) is 0 Å². The first-order valence-electron chi connectivity index (χ1n) is 9.12. The number of rotatable bonds is 2. The molecule has 0 bridgehead atoms. The third kappa shape index (κ3) is 3.48. The number of piperidine rings is 1. The van der Waals surface area contributed by atoms with Gasteiger partial charge in [-0.25, -0.2) is 0 Å². The maximum Gasteiger partial charge on any atom is 0.253 e. The van der Waals surface area contributed by atoms with Crippen LogP contribution < -0.4 is 5.32 Å². The van der Waals surface area contributed by atoms with E-state index in [9.17, 15) is 4.79 Å². The van der Waals surface area contributed by atoms with Gasteiger partial charge in [0.25, 0.3) is 5.91 Å². The van der Waals surface area contributed by atoms with Crippen molar-refractivity contribution in [2.75, 3.05) is 19.6 Å². The van der Waals surface area contributed by atoms with Crippen LogP contribution in [0.4, 0.5) is 0 Å². The van der Waals surface area contributed by atoms with Gasteiger partial charge in [-0.05, 0) is 49.9 Å². The number of halogens is 1. The van der Waals surface area contributed by atoms with E-state index in [0.717, 1.165) is 62.8 Å². The molecular formula is C19H26ClN5O. The summed E-state index contributed by atoms with van der Waals surface area (Å²) >= 11 is 0. The third-order valence-electron chi connectivity index (χ3n) is 5.55. The van der Waals surface area contributed by atoms with E-state index >= 15 is 0 Å². The molecule has 0 saturated carbocycles. The van der Waals surface area contributed by atoms with Crippen molar-refractivity contribution in [3.63, 3.8) is 0 Å². The van der Waals surface area contributed by atoms with E-state index in [4.69, 9.17) is 0 Å². The largest absolute Gasteiger partial charge is 0.339 e. The van der Waals surface area contributed by atoms with Crippen LogP contribution in [0.1, 0.15) is 51.9 Å². The van der Waals surface area contributed by atoms with Crippen molar-refractivity contribution in [1.82, 2.24) is 25.0 Å². The summed E-state index contributed by atoms with van der Waals surface area (Å²) < 4.78 is 2.27. The van der Waals surface area contributed by atoms with Crippen molar-refractivity contribution in [3.05, 3.63) is 46.5 Å². The Kier molecular flexibility index (Phi) is 5.63. The van der Waals surface area contributed by atoms with Gasteiger partial charge in [-0.3, -0.25) is 4.79 Å². The summed E-state index contributed by atoms with van der Waals surface area (Å²) in [6, 6.07) is 5.98. The lowest BCUT2D eigenvalue weighted by Crippen LogP contribution is -2.39. The second-order valence-corrected chi connectivity index (χ2v) is 7.17. The summed E-state index contributed by atoms with van der Waals surface area (Å²) in [5, 5.41) is 12.1.